The molecule has 0 aromatic carbocycles. The molecule has 2 fully saturated rings. The fourth-order valence-corrected chi connectivity index (χ4v) is 3.08. The number of aryl methyl sites for hydroxylation is 1. The zero-order chi connectivity index (χ0) is 14.9. The van der Waals surface area contributed by atoms with Gasteiger partial charge >= 0.3 is 0 Å². The summed E-state index contributed by atoms with van der Waals surface area (Å²) in [5.41, 5.74) is 2.83. The van der Waals surface area contributed by atoms with Crippen molar-refractivity contribution >= 4 is 0 Å². The second-order valence-electron chi connectivity index (χ2n) is 7.59. The summed E-state index contributed by atoms with van der Waals surface area (Å²) >= 11 is 0. The maximum atomic E-state index is 6.15. The van der Waals surface area contributed by atoms with Crippen molar-refractivity contribution in [1.82, 2.24) is 10.3 Å². The molecule has 0 spiro atoms. The molecule has 0 radical (unpaired) electrons. The average Bonchev–Trinajstić information content (AvgIpc) is 3.23. The van der Waals surface area contributed by atoms with E-state index >= 15 is 0 Å². The highest BCUT2D eigenvalue weighted by atomic mass is 16.5. The van der Waals surface area contributed by atoms with Crippen LogP contribution in [-0.2, 0) is 6.54 Å². The summed E-state index contributed by atoms with van der Waals surface area (Å²) < 4.78 is 6.15. The maximum absolute atomic E-state index is 6.15. The molecule has 2 saturated carbocycles. The van der Waals surface area contributed by atoms with E-state index in [1.54, 1.807) is 0 Å². The Labute approximate surface area is 128 Å². The van der Waals surface area contributed by atoms with Gasteiger partial charge in [-0.15, -0.1) is 0 Å². The Bertz CT molecular complexity index is 484. The van der Waals surface area contributed by atoms with Crippen LogP contribution in [0.5, 0.6) is 5.88 Å². The Kier molecular flexibility index (Phi) is 4.21. The maximum Gasteiger partial charge on any atom is 0.214 e. The molecule has 3 rings (SSSR count). The van der Waals surface area contributed by atoms with Crippen LogP contribution in [0.2, 0.25) is 0 Å². The molecule has 21 heavy (non-hydrogen) atoms. The van der Waals surface area contributed by atoms with Crippen molar-refractivity contribution in [3.05, 3.63) is 23.4 Å². The van der Waals surface area contributed by atoms with E-state index in [-0.39, 0.29) is 0 Å². The molecule has 3 heteroatoms. The molecule has 0 atom stereocenters. The Hall–Kier alpha value is -1.09. The summed E-state index contributed by atoms with van der Waals surface area (Å²) in [6.45, 7) is 7.70. The molecule has 0 amide bonds. The molecular weight excluding hydrogens is 260 g/mol. The molecule has 2 aliphatic carbocycles. The normalized spacial score (nSPS) is 22.2. The Morgan fingerprint density at radius 3 is 2.57 bits per heavy atom. The van der Waals surface area contributed by atoms with Gasteiger partial charge in [0.25, 0.3) is 0 Å². The van der Waals surface area contributed by atoms with Gasteiger partial charge in [-0.3, -0.25) is 0 Å². The molecule has 3 nitrogen and oxygen atoms in total. The summed E-state index contributed by atoms with van der Waals surface area (Å²) in [5, 5.41) is 3.56. The molecule has 1 heterocycles. The van der Waals surface area contributed by atoms with Gasteiger partial charge in [-0.2, -0.15) is 0 Å². The number of hydrogen-bond acceptors (Lipinski definition) is 3. The van der Waals surface area contributed by atoms with Gasteiger partial charge in [0.15, 0.2) is 0 Å². The number of aromatic nitrogens is 1. The highest BCUT2D eigenvalue weighted by molar-refractivity contribution is 5.25. The highest BCUT2D eigenvalue weighted by Gasteiger charge is 2.28. The molecule has 1 N–H and O–H groups in total. The van der Waals surface area contributed by atoms with Gasteiger partial charge in [-0.1, -0.05) is 13.8 Å². The zero-order valence-corrected chi connectivity index (χ0v) is 13.6. The molecule has 1 aromatic heterocycles. The number of nitrogens with zero attached hydrogens (tertiary/aromatic N) is 1. The number of rotatable bonds is 5. The molecule has 1 aromatic rings. The minimum atomic E-state index is 0.344. The predicted octanol–water partition coefficient (Wildman–Crippen LogP) is 3.99. The first-order valence-corrected chi connectivity index (χ1v) is 8.38. The van der Waals surface area contributed by atoms with Crippen LogP contribution in [0.1, 0.15) is 63.6 Å². The van der Waals surface area contributed by atoms with Crippen LogP contribution in [0.15, 0.2) is 12.1 Å². The summed E-state index contributed by atoms with van der Waals surface area (Å²) in [7, 11) is 0. The van der Waals surface area contributed by atoms with Gasteiger partial charge in [0, 0.05) is 24.3 Å². The van der Waals surface area contributed by atoms with Crippen molar-refractivity contribution in [2.75, 3.05) is 0 Å². The average molecular weight is 288 g/mol. The quantitative estimate of drug-likeness (QED) is 0.889. The van der Waals surface area contributed by atoms with Crippen molar-refractivity contribution < 1.29 is 4.74 Å². The standard InChI is InChI=1S/C18H28N2O/c1-13-10-14(12-19-15-4-5-15)11-17(20-13)21-16-6-8-18(2,3)9-7-16/h10-11,15-16,19H,4-9,12H2,1-3H3. The van der Waals surface area contributed by atoms with E-state index in [4.69, 9.17) is 4.74 Å². The van der Waals surface area contributed by atoms with Crippen molar-refractivity contribution in [3.63, 3.8) is 0 Å². The minimum Gasteiger partial charge on any atom is -0.474 e. The molecule has 2 aliphatic rings. The van der Waals surface area contributed by atoms with Gasteiger partial charge in [-0.05, 0) is 62.5 Å². The van der Waals surface area contributed by atoms with Gasteiger partial charge in [0.05, 0.1) is 0 Å². The molecule has 0 unspecified atom stereocenters. The Morgan fingerprint density at radius 1 is 1.19 bits per heavy atom. The second kappa shape index (κ2) is 5.96. The third kappa shape index (κ3) is 4.44. The van der Waals surface area contributed by atoms with E-state index in [2.05, 4.69) is 43.2 Å². The zero-order valence-electron chi connectivity index (χ0n) is 13.6. The minimum absolute atomic E-state index is 0.344. The van der Waals surface area contributed by atoms with Crippen molar-refractivity contribution in [3.8, 4) is 5.88 Å². The Morgan fingerprint density at radius 2 is 1.90 bits per heavy atom. The smallest absolute Gasteiger partial charge is 0.214 e. The van der Waals surface area contributed by atoms with Crippen LogP contribution in [0, 0.1) is 12.3 Å². The first-order valence-electron chi connectivity index (χ1n) is 8.38. The van der Waals surface area contributed by atoms with Crippen LogP contribution in [-0.4, -0.2) is 17.1 Å². The molecule has 0 aliphatic heterocycles. The van der Waals surface area contributed by atoms with Crippen LogP contribution in [0.4, 0.5) is 0 Å². The second-order valence-corrected chi connectivity index (χ2v) is 7.59. The molecule has 0 bridgehead atoms. The van der Waals surface area contributed by atoms with Gasteiger partial charge < -0.3 is 10.1 Å². The first kappa shape index (κ1) is 14.8. The fraction of sp³-hybridized carbons (Fsp3) is 0.722. The van der Waals surface area contributed by atoms with Gasteiger partial charge in [0.2, 0.25) is 5.88 Å². The summed E-state index contributed by atoms with van der Waals surface area (Å²) in [6.07, 6.45) is 7.79. The summed E-state index contributed by atoms with van der Waals surface area (Å²) in [4.78, 5) is 4.56. The predicted molar refractivity (Wildman–Crippen MR) is 85.5 cm³/mol. The van der Waals surface area contributed by atoms with Crippen molar-refractivity contribution in [2.45, 2.75) is 78.0 Å². The van der Waals surface area contributed by atoms with E-state index in [1.165, 1.54) is 31.2 Å². The summed E-state index contributed by atoms with van der Waals surface area (Å²) in [5.74, 6) is 0.812. The van der Waals surface area contributed by atoms with Crippen molar-refractivity contribution in [2.24, 2.45) is 5.41 Å². The largest absolute Gasteiger partial charge is 0.474 e. The molecule has 116 valence electrons. The Balaban J connectivity index is 1.59. The van der Waals surface area contributed by atoms with Crippen LogP contribution in [0.3, 0.4) is 0 Å². The summed E-state index contributed by atoms with van der Waals surface area (Å²) in [6, 6.07) is 5.01. The lowest BCUT2D eigenvalue weighted by Gasteiger charge is -2.34. The topological polar surface area (TPSA) is 34.1 Å². The SMILES string of the molecule is Cc1cc(CNC2CC2)cc(OC2CCC(C)(C)CC2)n1. The van der Waals surface area contributed by atoms with E-state index in [0.29, 0.717) is 11.5 Å². The van der Waals surface area contributed by atoms with Crippen molar-refractivity contribution in [1.29, 1.82) is 0 Å². The van der Waals surface area contributed by atoms with Gasteiger partial charge in [-0.25, -0.2) is 4.98 Å². The lowest BCUT2D eigenvalue weighted by Crippen LogP contribution is -2.28. The van der Waals surface area contributed by atoms with Crippen LogP contribution in [0.25, 0.3) is 0 Å². The monoisotopic (exact) mass is 288 g/mol. The van der Waals surface area contributed by atoms with E-state index in [0.717, 1.165) is 37.0 Å². The first-order chi connectivity index (χ1) is 10.00. The third-order valence-corrected chi connectivity index (χ3v) is 4.74. The third-order valence-electron chi connectivity index (χ3n) is 4.74. The van der Waals surface area contributed by atoms with Gasteiger partial charge in [0.1, 0.15) is 6.10 Å². The lowest BCUT2D eigenvalue weighted by atomic mass is 9.76. The van der Waals surface area contributed by atoms with E-state index in [9.17, 15) is 0 Å². The molecule has 0 saturated heterocycles. The van der Waals surface area contributed by atoms with E-state index < -0.39 is 0 Å². The number of hydrogen-bond donors (Lipinski definition) is 1. The lowest BCUT2D eigenvalue weighted by molar-refractivity contribution is 0.0947. The van der Waals surface area contributed by atoms with Crippen LogP contribution >= 0.6 is 0 Å². The number of pyridine rings is 1. The number of ether oxygens (including phenoxy) is 1. The molecular formula is C18H28N2O. The van der Waals surface area contributed by atoms with E-state index in [1.807, 2.05) is 0 Å². The number of nitrogens with one attached hydrogen (secondary N) is 1. The van der Waals surface area contributed by atoms with Crippen LogP contribution < -0.4 is 10.1 Å². The fourth-order valence-electron chi connectivity index (χ4n) is 3.08. The highest BCUT2D eigenvalue weighted by Crippen LogP contribution is 2.36.